The molecule has 0 atom stereocenters. The number of thiophene rings is 1. The minimum Gasteiger partial charge on any atom is -0.497 e. The van der Waals surface area contributed by atoms with Crippen molar-refractivity contribution < 1.29 is 4.74 Å². The van der Waals surface area contributed by atoms with Gasteiger partial charge in [0.2, 0.25) is 0 Å². The van der Waals surface area contributed by atoms with Gasteiger partial charge in [-0.3, -0.25) is 0 Å². The van der Waals surface area contributed by atoms with Crippen molar-refractivity contribution in [2.45, 2.75) is 25.7 Å². The minimum absolute atomic E-state index is 0.804. The summed E-state index contributed by atoms with van der Waals surface area (Å²) in [6.45, 7) is 0. The van der Waals surface area contributed by atoms with Crippen LogP contribution in [0.3, 0.4) is 0 Å². The van der Waals surface area contributed by atoms with E-state index in [1.54, 1.807) is 29.8 Å². The number of anilines is 2. The lowest BCUT2D eigenvalue weighted by Gasteiger charge is -2.09. The Balaban J connectivity index is 1.70. The second-order valence-corrected chi connectivity index (χ2v) is 7.64. The summed E-state index contributed by atoms with van der Waals surface area (Å²) in [5, 5.41) is 14.7. The van der Waals surface area contributed by atoms with Crippen molar-refractivity contribution in [3.8, 4) is 11.8 Å². The molecule has 116 valence electrons. The van der Waals surface area contributed by atoms with Crippen LogP contribution in [0.1, 0.15) is 28.8 Å². The smallest absolute Gasteiger partial charge is 0.188 e. The Bertz CT molecular complexity index is 920. The number of fused-ring (bicyclic) bond motifs is 2. The topological polar surface area (TPSA) is 57.9 Å². The van der Waals surface area contributed by atoms with Gasteiger partial charge in [0.1, 0.15) is 16.8 Å². The summed E-state index contributed by atoms with van der Waals surface area (Å²) in [6, 6.07) is 8.27. The quantitative estimate of drug-likeness (QED) is 0.739. The maximum Gasteiger partial charge on any atom is 0.188 e. The van der Waals surface area contributed by atoms with E-state index >= 15 is 0 Å². The largest absolute Gasteiger partial charge is 0.497 e. The van der Waals surface area contributed by atoms with E-state index in [0.717, 1.165) is 44.5 Å². The molecule has 6 heteroatoms. The Morgan fingerprint density at radius 2 is 2.13 bits per heavy atom. The molecule has 0 saturated carbocycles. The molecule has 1 aliphatic carbocycles. The van der Waals surface area contributed by atoms with Crippen molar-refractivity contribution in [2.24, 2.45) is 0 Å². The van der Waals surface area contributed by atoms with Gasteiger partial charge in [-0.2, -0.15) is 5.26 Å². The zero-order chi connectivity index (χ0) is 15.8. The Morgan fingerprint density at radius 3 is 2.96 bits per heavy atom. The summed E-state index contributed by atoms with van der Waals surface area (Å²) in [7, 11) is 1.65. The molecular formula is C17H15N3OS2. The molecule has 0 radical (unpaired) electrons. The second kappa shape index (κ2) is 5.84. The van der Waals surface area contributed by atoms with Crippen molar-refractivity contribution in [1.82, 2.24) is 4.98 Å². The van der Waals surface area contributed by atoms with Crippen LogP contribution in [0.4, 0.5) is 10.1 Å². The zero-order valence-corrected chi connectivity index (χ0v) is 14.3. The normalized spacial score (nSPS) is 13.6. The number of methoxy groups -OCH3 is 1. The summed E-state index contributed by atoms with van der Waals surface area (Å²) in [5.74, 6) is 0.804. The van der Waals surface area contributed by atoms with Crippen LogP contribution in [-0.2, 0) is 12.8 Å². The lowest BCUT2D eigenvalue weighted by Crippen LogP contribution is -1.99. The minimum atomic E-state index is 0.804. The van der Waals surface area contributed by atoms with Gasteiger partial charge < -0.3 is 10.1 Å². The third kappa shape index (κ3) is 2.56. The molecule has 1 aromatic carbocycles. The second-order valence-electron chi connectivity index (χ2n) is 5.50. The molecule has 1 aliphatic rings. The average molecular weight is 341 g/mol. The molecule has 2 aromatic heterocycles. The van der Waals surface area contributed by atoms with Crippen LogP contribution < -0.4 is 10.1 Å². The van der Waals surface area contributed by atoms with Crippen LogP contribution in [0, 0.1) is 11.3 Å². The van der Waals surface area contributed by atoms with Gasteiger partial charge in [-0.25, -0.2) is 4.98 Å². The third-order valence-electron chi connectivity index (χ3n) is 4.10. The number of nitriles is 1. The number of ether oxygens (including phenoxy) is 1. The van der Waals surface area contributed by atoms with Gasteiger partial charge in [-0.15, -0.1) is 11.3 Å². The maximum atomic E-state index is 9.53. The van der Waals surface area contributed by atoms with Gasteiger partial charge in [0.15, 0.2) is 5.13 Å². The van der Waals surface area contributed by atoms with Crippen LogP contribution in [0.25, 0.3) is 10.2 Å². The van der Waals surface area contributed by atoms with Gasteiger partial charge in [-0.1, -0.05) is 11.3 Å². The molecule has 4 rings (SSSR count). The lowest BCUT2D eigenvalue weighted by molar-refractivity contribution is 0.415. The van der Waals surface area contributed by atoms with Crippen LogP contribution in [-0.4, -0.2) is 12.1 Å². The fourth-order valence-electron chi connectivity index (χ4n) is 2.96. The number of aromatic nitrogens is 1. The van der Waals surface area contributed by atoms with Gasteiger partial charge in [0, 0.05) is 10.9 Å². The molecule has 0 aliphatic heterocycles. The fraction of sp³-hybridized carbons (Fsp3) is 0.294. The van der Waals surface area contributed by atoms with Crippen LogP contribution in [0.2, 0.25) is 0 Å². The number of rotatable bonds is 3. The van der Waals surface area contributed by atoms with E-state index in [-0.39, 0.29) is 0 Å². The van der Waals surface area contributed by atoms with Crippen LogP contribution in [0.15, 0.2) is 18.2 Å². The predicted octanol–water partition coefficient (Wildman–Crippen LogP) is 4.86. The summed E-state index contributed by atoms with van der Waals surface area (Å²) < 4.78 is 6.35. The molecule has 0 saturated heterocycles. The van der Waals surface area contributed by atoms with Gasteiger partial charge in [0.05, 0.1) is 22.9 Å². The molecule has 3 aromatic rings. The first-order chi connectivity index (χ1) is 11.3. The molecule has 0 bridgehead atoms. The van der Waals surface area contributed by atoms with Crippen molar-refractivity contribution >= 4 is 43.0 Å². The van der Waals surface area contributed by atoms with E-state index in [4.69, 9.17) is 4.74 Å². The Kier molecular flexibility index (Phi) is 3.68. The average Bonchev–Trinajstić information content (AvgIpc) is 3.13. The van der Waals surface area contributed by atoms with Crippen LogP contribution in [0.5, 0.6) is 5.75 Å². The third-order valence-corrected chi connectivity index (χ3v) is 6.26. The van der Waals surface area contributed by atoms with Crippen molar-refractivity contribution in [3.05, 3.63) is 34.2 Å². The number of aryl methyl sites for hydroxylation is 1. The number of hydrogen-bond acceptors (Lipinski definition) is 6. The van der Waals surface area contributed by atoms with E-state index in [0.29, 0.717) is 0 Å². The summed E-state index contributed by atoms with van der Waals surface area (Å²) in [6.07, 6.45) is 4.51. The fourth-order valence-corrected chi connectivity index (χ4v) is 5.11. The van der Waals surface area contributed by atoms with Gasteiger partial charge >= 0.3 is 0 Å². The summed E-state index contributed by atoms with van der Waals surface area (Å²) in [5.41, 5.74) is 2.97. The highest BCUT2D eigenvalue weighted by atomic mass is 32.1. The Hall–Kier alpha value is -2.10. The maximum absolute atomic E-state index is 9.53. The van der Waals surface area contributed by atoms with Crippen molar-refractivity contribution in [1.29, 1.82) is 5.26 Å². The van der Waals surface area contributed by atoms with Gasteiger partial charge in [0.25, 0.3) is 0 Å². The summed E-state index contributed by atoms with van der Waals surface area (Å²) >= 11 is 3.30. The predicted molar refractivity (Wildman–Crippen MR) is 95.1 cm³/mol. The highest BCUT2D eigenvalue weighted by Crippen LogP contribution is 2.40. The van der Waals surface area contributed by atoms with Crippen molar-refractivity contribution in [3.63, 3.8) is 0 Å². The molecule has 4 nitrogen and oxygen atoms in total. The van der Waals surface area contributed by atoms with E-state index in [2.05, 4.69) is 16.4 Å². The number of nitrogens with one attached hydrogen (secondary N) is 1. The molecule has 23 heavy (non-hydrogen) atoms. The number of benzene rings is 1. The molecule has 0 amide bonds. The Morgan fingerprint density at radius 1 is 1.26 bits per heavy atom. The first kappa shape index (κ1) is 14.5. The molecule has 0 fully saturated rings. The number of hydrogen-bond donors (Lipinski definition) is 1. The van der Waals surface area contributed by atoms with E-state index < -0.39 is 0 Å². The van der Waals surface area contributed by atoms with E-state index in [9.17, 15) is 5.26 Å². The SMILES string of the molecule is COc1ccc2sc(Nc3sc4c(c3C#N)CCCC4)nc2c1. The van der Waals surface area contributed by atoms with Gasteiger partial charge in [-0.05, 0) is 43.4 Å². The first-order valence-corrected chi connectivity index (χ1v) is 9.18. The highest BCUT2D eigenvalue weighted by molar-refractivity contribution is 7.22. The van der Waals surface area contributed by atoms with E-state index in [1.165, 1.54) is 23.3 Å². The molecular weight excluding hydrogens is 326 g/mol. The van der Waals surface area contributed by atoms with Crippen molar-refractivity contribution in [2.75, 3.05) is 12.4 Å². The standard InChI is InChI=1S/C17H15N3OS2/c1-21-10-6-7-15-13(8-10)19-17(23-15)20-16-12(9-18)11-4-2-3-5-14(11)22-16/h6-8H,2-5H2,1H3,(H,19,20). The molecule has 2 heterocycles. The van der Waals surface area contributed by atoms with Crippen LogP contribution >= 0.6 is 22.7 Å². The Labute approximate surface area is 142 Å². The first-order valence-electron chi connectivity index (χ1n) is 7.54. The lowest BCUT2D eigenvalue weighted by atomic mass is 9.96. The van der Waals surface area contributed by atoms with E-state index in [1.807, 2.05) is 18.2 Å². The molecule has 0 unspecified atom stereocenters. The molecule has 1 N–H and O–H groups in total. The molecule has 0 spiro atoms. The number of nitrogens with zero attached hydrogens (tertiary/aromatic N) is 2. The number of thiazole rings is 1. The monoisotopic (exact) mass is 341 g/mol. The zero-order valence-electron chi connectivity index (χ0n) is 12.7. The highest BCUT2D eigenvalue weighted by Gasteiger charge is 2.21. The summed E-state index contributed by atoms with van der Waals surface area (Å²) in [4.78, 5) is 5.98.